The molecule has 0 fully saturated rings. The van der Waals surface area contributed by atoms with Crippen molar-refractivity contribution in [3.05, 3.63) is 42.0 Å². The van der Waals surface area contributed by atoms with Gasteiger partial charge in [-0.3, -0.25) is 0 Å². The molecule has 0 saturated carbocycles. The van der Waals surface area contributed by atoms with E-state index in [0.717, 1.165) is 36.7 Å². The van der Waals surface area contributed by atoms with Gasteiger partial charge in [-0.1, -0.05) is 12.1 Å². The van der Waals surface area contributed by atoms with Crippen molar-refractivity contribution < 1.29 is 9.47 Å². The van der Waals surface area contributed by atoms with Crippen LogP contribution in [0.25, 0.3) is 0 Å². The van der Waals surface area contributed by atoms with E-state index in [9.17, 15) is 0 Å². The van der Waals surface area contributed by atoms with Gasteiger partial charge in [0, 0.05) is 43.5 Å². The van der Waals surface area contributed by atoms with Crippen molar-refractivity contribution in [2.45, 2.75) is 31.8 Å². The Kier molecular flexibility index (Phi) is 3.27. The first-order valence-electron chi connectivity index (χ1n) is 7.51. The Morgan fingerprint density at radius 3 is 3.33 bits per heavy atom. The van der Waals surface area contributed by atoms with Crippen LogP contribution in [0.1, 0.15) is 30.1 Å². The van der Waals surface area contributed by atoms with Crippen molar-refractivity contribution in [2.75, 3.05) is 13.3 Å². The largest absolute Gasteiger partial charge is 0.454 e. The molecule has 1 N–H and O–H groups in total. The first-order chi connectivity index (χ1) is 10.4. The summed E-state index contributed by atoms with van der Waals surface area (Å²) in [6.45, 7) is 3.17. The number of aryl methyl sites for hydroxylation is 1. The minimum Gasteiger partial charge on any atom is -0.454 e. The Morgan fingerprint density at radius 1 is 1.33 bits per heavy atom. The molecule has 5 nitrogen and oxygen atoms in total. The normalized spacial score (nSPS) is 19.5. The van der Waals surface area contributed by atoms with Gasteiger partial charge in [0.05, 0.1) is 0 Å². The maximum absolute atomic E-state index is 5.54. The first-order valence-corrected chi connectivity index (χ1v) is 7.51. The maximum atomic E-state index is 5.54. The Morgan fingerprint density at radius 2 is 2.33 bits per heavy atom. The molecule has 1 aromatic carbocycles. The number of rotatable bonds is 4. The monoisotopic (exact) mass is 285 g/mol. The molecular formula is C16H19N3O2. The van der Waals surface area contributed by atoms with Crippen LogP contribution in [0.4, 0.5) is 0 Å². The van der Waals surface area contributed by atoms with E-state index < -0.39 is 0 Å². The molecule has 0 bridgehead atoms. The molecule has 1 atom stereocenters. The lowest BCUT2D eigenvalue weighted by Gasteiger charge is -2.23. The Labute approximate surface area is 123 Å². The minimum absolute atomic E-state index is 0.326. The zero-order chi connectivity index (χ0) is 14.1. The molecule has 1 unspecified atom stereocenters. The first kappa shape index (κ1) is 12.7. The molecule has 2 aliphatic rings. The van der Waals surface area contributed by atoms with Gasteiger partial charge in [-0.05, 0) is 18.9 Å². The fraction of sp³-hybridized carbons (Fsp3) is 0.438. The number of nitrogens with zero attached hydrogens (tertiary/aromatic N) is 2. The van der Waals surface area contributed by atoms with Crippen LogP contribution in [0, 0.1) is 0 Å². The molecule has 0 aliphatic carbocycles. The zero-order valence-electron chi connectivity index (χ0n) is 11.9. The Balaban J connectivity index is 1.40. The highest BCUT2D eigenvalue weighted by molar-refractivity contribution is 5.48. The fourth-order valence-electron chi connectivity index (χ4n) is 3.21. The van der Waals surface area contributed by atoms with Gasteiger partial charge in [0.1, 0.15) is 5.82 Å². The second-order valence-corrected chi connectivity index (χ2v) is 5.60. The Bertz CT molecular complexity index is 638. The van der Waals surface area contributed by atoms with Gasteiger partial charge in [-0.25, -0.2) is 4.98 Å². The average molecular weight is 285 g/mol. The average Bonchev–Trinajstić information content (AvgIpc) is 3.16. The number of hydrogen-bond acceptors (Lipinski definition) is 4. The molecule has 21 heavy (non-hydrogen) atoms. The Hall–Kier alpha value is -2.01. The van der Waals surface area contributed by atoms with Gasteiger partial charge in [0.15, 0.2) is 11.5 Å². The number of hydrogen-bond donors (Lipinski definition) is 1. The second-order valence-electron chi connectivity index (χ2n) is 5.60. The van der Waals surface area contributed by atoms with E-state index >= 15 is 0 Å². The SMILES string of the molecule is c1cc(CNCC2CCCn3ccnc32)c2c(c1)OCO2. The van der Waals surface area contributed by atoms with Gasteiger partial charge < -0.3 is 19.4 Å². The van der Waals surface area contributed by atoms with E-state index in [1.54, 1.807) is 0 Å². The number of fused-ring (bicyclic) bond motifs is 2. The number of aromatic nitrogens is 2. The molecule has 5 heteroatoms. The number of benzene rings is 1. The molecule has 4 rings (SSSR count). The van der Waals surface area contributed by atoms with Crippen LogP contribution in [-0.2, 0) is 13.1 Å². The molecule has 2 aliphatic heterocycles. The summed E-state index contributed by atoms with van der Waals surface area (Å²) in [5, 5.41) is 3.54. The van der Waals surface area contributed by atoms with E-state index in [-0.39, 0.29) is 0 Å². The van der Waals surface area contributed by atoms with E-state index in [2.05, 4.69) is 27.1 Å². The number of ether oxygens (including phenoxy) is 2. The predicted molar refractivity (Wildman–Crippen MR) is 78.5 cm³/mol. The van der Waals surface area contributed by atoms with Gasteiger partial charge in [-0.15, -0.1) is 0 Å². The standard InChI is InChI=1S/C16H19N3O2/c1-3-12(15-14(5-1)20-11-21-15)9-17-10-13-4-2-7-19-8-6-18-16(13)19/h1,3,5-6,8,13,17H,2,4,7,9-11H2. The van der Waals surface area contributed by atoms with Crippen LogP contribution >= 0.6 is 0 Å². The third kappa shape index (κ3) is 2.38. The summed E-state index contributed by atoms with van der Waals surface area (Å²) >= 11 is 0. The van der Waals surface area contributed by atoms with Crippen molar-refractivity contribution in [2.24, 2.45) is 0 Å². The number of nitrogens with one attached hydrogen (secondary N) is 1. The molecule has 0 amide bonds. The van der Waals surface area contributed by atoms with Crippen molar-refractivity contribution >= 4 is 0 Å². The van der Waals surface area contributed by atoms with Gasteiger partial charge in [0.25, 0.3) is 0 Å². The topological polar surface area (TPSA) is 48.3 Å². The van der Waals surface area contributed by atoms with E-state index in [0.29, 0.717) is 12.7 Å². The molecule has 0 radical (unpaired) electrons. The molecule has 1 aromatic heterocycles. The van der Waals surface area contributed by atoms with E-state index in [1.165, 1.54) is 18.7 Å². The van der Waals surface area contributed by atoms with Crippen LogP contribution in [0.5, 0.6) is 11.5 Å². The zero-order valence-corrected chi connectivity index (χ0v) is 11.9. The van der Waals surface area contributed by atoms with Crippen LogP contribution < -0.4 is 14.8 Å². The van der Waals surface area contributed by atoms with Crippen molar-refractivity contribution in [1.82, 2.24) is 14.9 Å². The van der Waals surface area contributed by atoms with Crippen molar-refractivity contribution in [1.29, 1.82) is 0 Å². The van der Waals surface area contributed by atoms with Crippen LogP contribution in [0.2, 0.25) is 0 Å². The third-order valence-corrected chi connectivity index (χ3v) is 4.25. The number of imidazole rings is 1. The molecular weight excluding hydrogens is 266 g/mol. The quantitative estimate of drug-likeness (QED) is 0.936. The fourth-order valence-corrected chi connectivity index (χ4v) is 3.21. The highest BCUT2D eigenvalue weighted by atomic mass is 16.7. The summed E-state index contributed by atoms with van der Waals surface area (Å²) in [6, 6.07) is 6.05. The highest BCUT2D eigenvalue weighted by Crippen LogP contribution is 2.35. The number of para-hydroxylation sites is 1. The molecule has 110 valence electrons. The minimum atomic E-state index is 0.326. The lowest BCUT2D eigenvalue weighted by Crippen LogP contribution is -2.26. The van der Waals surface area contributed by atoms with Gasteiger partial charge in [-0.2, -0.15) is 0 Å². The van der Waals surface area contributed by atoms with Gasteiger partial charge in [0.2, 0.25) is 6.79 Å². The van der Waals surface area contributed by atoms with Crippen molar-refractivity contribution in [3.63, 3.8) is 0 Å². The molecule has 3 heterocycles. The predicted octanol–water partition coefficient (Wildman–Crippen LogP) is 2.28. The van der Waals surface area contributed by atoms with Crippen LogP contribution in [-0.4, -0.2) is 22.9 Å². The van der Waals surface area contributed by atoms with E-state index in [1.807, 2.05) is 18.3 Å². The highest BCUT2D eigenvalue weighted by Gasteiger charge is 2.21. The lowest BCUT2D eigenvalue weighted by molar-refractivity contribution is 0.173. The van der Waals surface area contributed by atoms with Gasteiger partial charge >= 0.3 is 0 Å². The summed E-state index contributed by atoms with van der Waals surface area (Å²) in [6.07, 6.45) is 6.42. The summed E-state index contributed by atoms with van der Waals surface area (Å²) in [5.74, 6) is 3.45. The smallest absolute Gasteiger partial charge is 0.231 e. The summed E-state index contributed by atoms with van der Waals surface area (Å²) in [5.41, 5.74) is 1.16. The summed E-state index contributed by atoms with van der Waals surface area (Å²) in [4.78, 5) is 4.50. The molecule has 0 saturated heterocycles. The summed E-state index contributed by atoms with van der Waals surface area (Å²) in [7, 11) is 0. The molecule has 2 aromatic rings. The third-order valence-electron chi connectivity index (χ3n) is 4.25. The second kappa shape index (κ2) is 5.41. The van der Waals surface area contributed by atoms with E-state index in [4.69, 9.17) is 9.47 Å². The van der Waals surface area contributed by atoms with Crippen LogP contribution in [0.15, 0.2) is 30.6 Å². The maximum Gasteiger partial charge on any atom is 0.231 e. The summed E-state index contributed by atoms with van der Waals surface area (Å²) < 4.78 is 13.2. The molecule has 0 spiro atoms. The lowest BCUT2D eigenvalue weighted by atomic mass is 9.99. The van der Waals surface area contributed by atoms with Crippen molar-refractivity contribution in [3.8, 4) is 11.5 Å². The van der Waals surface area contributed by atoms with Crippen LogP contribution in [0.3, 0.4) is 0 Å².